The van der Waals surface area contributed by atoms with Crippen molar-refractivity contribution in [1.29, 1.82) is 0 Å². The lowest BCUT2D eigenvalue weighted by Crippen LogP contribution is -2.13. The summed E-state index contributed by atoms with van der Waals surface area (Å²) in [4.78, 5) is 0. The monoisotopic (exact) mass is 251 g/mol. The highest BCUT2D eigenvalue weighted by atomic mass is 14.8. The molecule has 1 aliphatic rings. The molecule has 2 aromatic carbocycles. The number of rotatable bonds is 5. The van der Waals surface area contributed by atoms with E-state index in [1.807, 2.05) is 0 Å². The van der Waals surface area contributed by atoms with Crippen molar-refractivity contribution in [2.45, 2.75) is 12.3 Å². The summed E-state index contributed by atoms with van der Waals surface area (Å²) in [6.07, 6.45) is 1.34. The zero-order chi connectivity index (χ0) is 13.1. The molecule has 0 saturated heterocycles. The highest BCUT2D eigenvalue weighted by Gasteiger charge is 2.43. The van der Waals surface area contributed by atoms with E-state index in [1.165, 1.54) is 17.5 Å². The van der Waals surface area contributed by atoms with Gasteiger partial charge in [-0.1, -0.05) is 60.7 Å². The SMILES string of the molecule is CNCC1CC1C(c1ccccc1)c1ccccc1. The highest BCUT2D eigenvalue weighted by molar-refractivity contribution is 5.35. The fraction of sp³-hybridized carbons (Fsp3) is 0.333. The summed E-state index contributed by atoms with van der Waals surface area (Å²) < 4.78 is 0. The summed E-state index contributed by atoms with van der Waals surface area (Å²) >= 11 is 0. The second-order valence-corrected chi connectivity index (χ2v) is 5.52. The summed E-state index contributed by atoms with van der Waals surface area (Å²) in [5.74, 6) is 2.17. The molecular formula is C18H21N. The number of nitrogens with one attached hydrogen (secondary N) is 1. The maximum Gasteiger partial charge on any atom is 0.0121 e. The summed E-state index contributed by atoms with van der Waals surface area (Å²) in [5, 5.41) is 3.32. The maximum absolute atomic E-state index is 3.32. The van der Waals surface area contributed by atoms with Crippen LogP contribution in [0.15, 0.2) is 60.7 Å². The Morgan fingerprint density at radius 1 is 0.947 bits per heavy atom. The van der Waals surface area contributed by atoms with Crippen molar-refractivity contribution in [3.63, 3.8) is 0 Å². The second-order valence-electron chi connectivity index (χ2n) is 5.52. The van der Waals surface area contributed by atoms with E-state index in [9.17, 15) is 0 Å². The van der Waals surface area contributed by atoms with E-state index in [1.54, 1.807) is 0 Å². The van der Waals surface area contributed by atoms with Gasteiger partial charge in [0.1, 0.15) is 0 Å². The standard InChI is InChI=1S/C18H21N/c1-19-13-16-12-17(16)18(14-8-4-2-5-9-14)15-10-6-3-7-11-15/h2-11,16-19H,12-13H2,1H3. The summed E-state index contributed by atoms with van der Waals surface area (Å²) in [6.45, 7) is 1.14. The Balaban J connectivity index is 1.89. The van der Waals surface area contributed by atoms with Crippen LogP contribution in [-0.4, -0.2) is 13.6 Å². The molecular weight excluding hydrogens is 230 g/mol. The average Bonchev–Trinajstić information content (AvgIpc) is 3.21. The van der Waals surface area contributed by atoms with E-state index in [0.29, 0.717) is 5.92 Å². The van der Waals surface area contributed by atoms with Crippen LogP contribution in [0.3, 0.4) is 0 Å². The van der Waals surface area contributed by atoms with Gasteiger partial charge in [0.05, 0.1) is 0 Å². The van der Waals surface area contributed by atoms with Crippen molar-refractivity contribution >= 4 is 0 Å². The minimum atomic E-state index is 0.556. The maximum atomic E-state index is 3.32. The molecule has 0 aromatic heterocycles. The van der Waals surface area contributed by atoms with Crippen molar-refractivity contribution in [2.75, 3.05) is 13.6 Å². The van der Waals surface area contributed by atoms with Gasteiger partial charge in [-0.25, -0.2) is 0 Å². The molecule has 1 aliphatic carbocycles. The first kappa shape index (κ1) is 12.4. The summed E-state index contributed by atoms with van der Waals surface area (Å²) in [6, 6.07) is 21.9. The third kappa shape index (κ3) is 2.71. The normalized spacial score (nSPS) is 21.6. The Labute approximate surface area is 115 Å². The third-order valence-electron chi connectivity index (χ3n) is 4.19. The zero-order valence-electron chi connectivity index (χ0n) is 11.4. The van der Waals surface area contributed by atoms with Gasteiger partial charge in [-0.15, -0.1) is 0 Å². The topological polar surface area (TPSA) is 12.0 Å². The Morgan fingerprint density at radius 2 is 1.47 bits per heavy atom. The Kier molecular flexibility index (Phi) is 3.65. The molecule has 1 nitrogen and oxygen atoms in total. The molecule has 0 heterocycles. The van der Waals surface area contributed by atoms with E-state index >= 15 is 0 Å². The molecule has 0 radical (unpaired) electrons. The molecule has 0 amide bonds. The predicted molar refractivity (Wildman–Crippen MR) is 80.3 cm³/mol. The Hall–Kier alpha value is -1.60. The van der Waals surface area contributed by atoms with E-state index in [0.717, 1.165) is 18.4 Å². The van der Waals surface area contributed by atoms with Crippen LogP contribution in [0.2, 0.25) is 0 Å². The molecule has 2 aromatic rings. The fourth-order valence-corrected chi connectivity index (χ4v) is 3.18. The third-order valence-corrected chi connectivity index (χ3v) is 4.19. The lowest BCUT2D eigenvalue weighted by molar-refractivity contribution is 0.597. The van der Waals surface area contributed by atoms with Crippen molar-refractivity contribution in [1.82, 2.24) is 5.32 Å². The molecule has 0 bridgehead atoms. The van der Waals surface area contributed by atoms with Gasteiger partial charge in [-0.05, 0) is 43.0 Å². The second kappa shape index (κ2) is 5.58. The van der Waals surface area contributed by atoms with Gasteiger partial charge in [0.15, 0.2) is 0 Å². The van der Waals surface area contributed by atoms with Gasteiger partial charge < -0.3 is 5.32 Å². The lowest BCUT2D eigenvalue weighted by Gasteiger charge is -2.18. The van der Waals surface area contributed by atoms with Crippen LogP contribution in [0.5, 0.6) is 0 Å². The van der Waals surface area contributed by atoms with Crippen molar-refractivity contribution in [3.8, 4) is 0 Å². The molecule has 3 rings (SSSR count). The van der Waals surface area contributed by atoms with E-state index in [-0.39, 0.29) is 0 Å². The molecule has 1 N–H and O–H groups in total. The molecule has 2 atom stereocenters. The van der Waals surface area contributed by atoms with Crippen LogP contribution in [0, 0.1) is 11.8 Å². The summed E-state index contributed by atoms with van der Waals surface area (Å²) in [5.41, 5.74) is 2.91. The smallest absolute Gasteiger partial charge is 0.0121 e. The minimum Gasteiger partial charge on any atom is -0.319 e. The van der Waals surface area contributed by atoms with Gasteiger partial charge >= 0.3 is 0 Å². The quantitative estimate of drug-likeness (QED) is 0.855. The first-order valence-corrected chi connectivity index (χ1v) is 7.14. The zero-order valence-corrected chi connectivity index (χ0v) is 11.4. The largest absolute Gasteiger partial charge is 0.319 e. The van der Waals surface area contributed by atoms with Crippen LogP contribution in [0.1, 0.15) is 23.5 Å². The van der Waals surface area contributed by atoms with Crippen LogP contribution in [0.25, 0.3) is 0 Å². The van der Waals surface area contributed by atoms with Crippen LogP contribution >= 0.6 is 0 Å². The molecule has 2 unspecified atom stereocenters. The van der Waals surface area contributed by atoms with E-state index in [4.69, 9.17) is 0 Å². The van der Waals surface area contributed by atoms with Crippen LogP contribution in [0.4, 0.5) is 0 Å². The molecule has 1 fully saturated rings. The van der Waals surface area contributed by atoms with Crippen LogP contribution < -0.4 is 5.32 Å². The van der Waals surface area contributed by atoms with Crippen LogP contribution in [-0.2, 0) is 0 Å². The number of hydrogen-bond donors (Lipinski definition) is 1. The molecule has 1 heteroatoms. The number of benzene rings is 2. The van der Waals surface area contributed by atoms with Crippen molar-refractivity contribution in [3.05, 3.63) is 71.8 Å². The lowest BCUT2D eigenvalue weighted by atomic mass is 9.86. The average molecular weight is 251 g/mol. The van der Waals surface area contributed by atoms with E-state index < -0.39 is 0 Å². The summed E-state index contributed by atoms with van der Waals surface area (Å²) in [7, 11) is 2.05. The number of hydrogen-bond acceptors (Lipinski definition) is 1. The molecule has 0 spiro atoms. The van der Waals surface area contributed by atoms with Gasteiger partial charge in [0.2, 0.25) is 0 Å². The van der Waals surface area contributed by atoms with Crippen molar-refractivity contribution in [2.24, 2.45) is 11.8 Å². The Morgan fingerprint density at radius 3 is 1.95 bits per heavy atom. The van der Waals surface area contributed by atoms with Gasteiger partial charge in [-0.2, -0.15) is 0 Å². The molecule has 1 saturated carbocycles. The predicted octanol–water partition coefficient (Wildman–Crippen LogP) is 3.67. The van der Waals surface area contributed by atoms with E-state index in [2.05, 4.69) is 73.0 Å². The fourth-order valence-electron chi connectivity index (χ4n) is 3.18. The highest BCUT2D eigenvalue weighted by Crippen LogP contribution is 2.50. The molecule has 0 aliphatic heterocycles. The minimum absolute atomic E-state index is 0.556. The first-order chi connectivity index (χ1) is 9.40. The molecule has 98 valence electrons. The van der Waals surface area contributed by atoms with Crippen molar-refractivity contribution < 1.29 is 0 Å². The van der Waals surface area contributed by atoms with Gasteiger partial charge in [-0.3, -0.25) is 0 Å². The Bertz CT molecular complexity index is 466. The molecule has 19 heavy (non-hydrogen) atoms. The van der Waals surface area contributed by atoms with Gasteiger partial charge in [0, 0.05) is 5.92 Å². The van der Waals surface area contributed by atoms with Gasteiger partial charge in [0.25, 0.3) is 0 Å². The first-order valence-electron chi connectivity index (χ1n) is 7.14.